The zero-order chi connectivity index (χ0) is 9.80. The van der Waals surface area contributed by atoms with Gasteiger partial charge in [-0.3, -0.25) is 0 Å². The molecule has 2 rings (SSSR count). The van der Waals surface area contributed by atoms with Gasteiger partial charge in [-0.15, -0.1) is 29.8 Å². The molecule has 2 aromatic rings. The maximum atomic E-state index is 8.72. The molecule has 0 fully saturated rings. The summed E-state index contributed by atoms with van der Waals surface area (Å²) in [5.41, 5.74) is 2.32. The Bertz CT molecular complexity index is 474. The summed E-state index contributed by atoms with van der Waals surface area (Å²) in [5, 5.41) is 8.72. The molecule has 1 aromatic carbocycles. The zero-order valence-corrected chi connectivity index (χ0v) is 10.2. The van der Waals surface area contributed by atoms with E-state index in [1.165, 1.54) is 0 Å². The molecule has 0 aliphatic rings. The third-order valence-corrected chi connectivity index (χ3v) is 1.87. The number of aromatic nitrogens is 1. The minimum atomic E-state index is 0. The fourth-order valence-corrected chi connectivity index (χ4v) is 1.21. The molecule has 1 radical (unpaired) electrons. The SMILES string of the molecule is N#Cc1cc[c-]c(-c2ccccn2)c1.[Ir]. The normalized spacial score (nSPS) is 8.73. The van der Waals surface area contributed by atoms with Crippen molar-refractivity contribution in [2.24, 2.45) is 0 Å². The molecule has 15 heavy (non-hydrogen) atoms. The molecule has 0 aliphatic carbocycles. The minimum absolute atomic E-state index is 0. The molecular formula is C12H7IrN2-. The Hall–Kier alpha value is -1.49. The van der Waals surface area contributed by atoms with Crippen LogP contribution in [-0.2, 0) is 20.1 Å². The van der Waals surface area contributed by atoms with E-state index in [1.807, 2.05) is 18.2 Å². The number of hydrogen-bond acceptors (Lipinski definition) is 2. The second-order valence-electron chi connectivity index (χ2n) is 2.82. The summed E-state index contributed by atoms with van der Waals surface area (Å²) in [6.45, 7) is 0. The zero-order valence-electron chi connectivity index (χ0n) is 7.77. The molecule has 0 atom stereocenters. The van der Waals surface area contributed by atoms with Crippen LogP contribution in [0.1, 0.15) is 5.56 Å². The van der Waals surface area contributed by atoms with Crippen molar-refractivity contribution in [2.75, 3.05) is 0 Å². The Kier molecular flexibility index (Phi) is 4.17. The third-order valence-electron chi connectivity index (χ3n) is 1.87. The molecule has 1 heterocycles. The average molecular weight is 371 g/mol. The van der Waals surface area contributed by atoms with Crippen molar-refractivity contribution in [3.8, 4) is 17.3 Å². The fourth-order valence-electron chi connectivity index (χ4n) is 1.21. The molecule has 0 saturated carbocycles. The number of benzene rings is 1. The summed E-state index contributed by atoms with van der Waals surface area (Å²) in [5.74, 6) is 0. The van der Waals surface area contributed by atoms with E-state index in [2.05, 4.69) is 17.1 Å². The molecule has 0 bridgehead atoms. The van der Waals surface area contributed by atoms with E-state index in [4.69, 9.17) is 5.26 Å². The van der Waals surface area contributed by atoms with Gasteiger partial charge in [0.25, 0.3) is 0 Å². The Labute approximate surface area is 102 Å². The quantitative estimate of drug-likeness (QED) is 0.722. The van der Waals surface area contributed by atoms with Crippen LogP contribution in [0.3, 0.4) is 0 Å². The number of nitrogens with zero attached hydrogens (tertiary/aromatic N) is 2. The largest absolute Gasteiger partial charge is 0.305 e. The molecular weight excluding hydrogens is 364 g/mol. The van der Waals surface area contributed by atoms with Crippen LogP contribution >= 0.6 is 0 Å². The van der Waals surface area contributed by atoms with Gasteiger partial charge in [-0.05, 0) is 17.3 Å². The van der Waals surface area contributed by atoms with E-state index in [0.717, 1.165) is 11.3 Å². The Morgan fingerprint density at radius 1 is 1.27 bits per heavy atom. The maximum absolute atomic E-state index is 8.72. The van der Waals surface area contributed by atoms with Gasteiger partial charge in [0.1, 0.15) is 0 Å². The molecule has 0 amide bonds. The van der Waals surface area contributed by atoms with Crippen molar-refractivity contribution in [3.05, 3.63) is 54.2 Å². The standard InChI is InChI=1S/C12H7N2.Ir/c13-9-10-4-3-5-11(8-10)12-6-1-2-7-14-12;/h1-4,6-8H;/q-1;. The molecule has 0 spiro atoms. The maximum Gasteiger partial charge on any atom is 0.0789 e. The number of pyridine rings is 1. The van der Waals surface area contributed by atoms with Gasteiger partial charge < -0.3 is 4.98 Å². The minimum Gasteiger partial charge on any atom is -0.305 e. The van der Waals surface area contributed by atoms with Gasteiger partial charge in [-0.25, -0.2) is 0 Å². The molecule has 0 aliphatic heterocycles. The summed E-state index contributed by atoms with van der Waals surface area (Å²) in [6, 6.07) is 16.0. The smallest absolute Gasteiger partial charge is 0.0789 e. The van der Waals surface area contributed by atoms with Crippen LogP contribution in [0.15, 0.2) is 42.6 Å². The van der Waals surface area contributed by atoms with Crippen molar-refractivity contribution < 1.29 is 20.1 Å². The molecule has 1 aromatic heterocycles. The number of nitriles is 1. The predicted molar refractivity (Wildman–Crippen MR) is 53.2 cm³/mol. The summed E-state index contributed by atoms with van der Waals surface area (Å²) < 4.78 is 0. The van der Waals surface area contributed by atoms with Crippen LogP contribution in [0, 0.1) is 17.4 Å². The monoisotopic (exact) mass is 372 g/mol. The topological polar surface area (TPSA) is 36.7 Å². The molecule has 0 N–H and O–H groups in total. The van der Waals surface area contributed by atoms with Crippen LogP contribution in [-0.4, -0.2) is 4.98 Å². The summed E-state index contributed by atoms with van der Waals surface area (Å²) in [7, 11) is 0. The summed E-state index contributed by atoms with van der Waals surface area (Å²) in [4.78, 5) is 4.18. The van der Waals surface area contributed by atoms with E-state index in [1.54, 1.807) is 24.4 Å². The Morgan fingerprint density at radius 3 is 2.80 bits per heavy atom. The summed E-state index contributed by atoms with van der Waals surface area (Å²) >= 11 is 0. The molecule has 0 unspecified atom stereocenters. The molecule has 2 nitrogen and oxygen atoms in total. The van der Waals surface area contributed by atoms with Crippen molar-refractivity contribution in [3.63, 3.8) is 0 Å². The average Bonchev–Trinajstić information content (AvgIpc) is 2.30. The summed E-state index contributed by atoms with van der Waals surface area (Å²) in [6.07, 6.45) is 1.72. The Balaban J connectivity index is 0.00000112. The van der Waals surface area contributed by atoms with E-state index >= 15 is 0 Å². The van der Waals surface area contributed by atoms with Crippen molar-refractivity contribution in [2.45, 2.75) is 0 Å². The van der Waals surface area contributed by atoms with Crippen LogP contribution < -0.4 is 0 Å². The van der Waals surface area contributed by atoms with E-state index in [9.17, 15) is 0 Å². The van der Waals surface area contributed by atoms with E-state index < -0.39 is 0 Å². The Morgan fingerprint density at radius 2 is 2.13 bits per heavy atom. The van der Waals surface area contributed by atoms with Gasteiger partial charge in [0.2, 0.25) is 0 Å². The van der Waals surface area contributed by atoms with Gasteiger partial charge in [-0.1, -0.05) is 12.1 Å². The fraction of sp³-hybridized carbons (Fsp3) is 0. The first kappa shape index (κ1) is 11.6. The number of rotatable bonds is 1. The molecule has 0 saturated heterocycles. The van der Waals surface area contributed by atoms with Gasteiger partial charge in [0.05, 0.1) is 6.07 Å². The predicted octanol–water partition coefficient (Wildman–Crippen LogP) is 2.42. The van der Waals surface area contributed by atoms with Crippen molar-refractivity contribution in [1.29, 1.82) is 5.26 Å². The van der Waals surface area contributed by atoms with Crippen molar-refractivity contribution >= 4 is 0 Å². The van der Waals surface area contributed by atoms with Crippen molar-refractivity contribution in [1.82, 2.24) is 4.98 Å². The third kappa shape index (κ3) is 2.73. The van der Waals surface area contributed by atoms with E-state index in [0.29, 0.717) is 5.56 Å². The van der Waals surface area contributed by atoms with Gasteiger partial charge in [-0.2, -0.15) is 5.26 Å². The van der Waals surface area contributed by atoms with Crippen LogP contribution in [0.4, 0.5) is 0 Å². The first-order valence-corrected chi connectivity index (χ1v) is 4.23. The second kappa shape index (κ2) is 5.41. The first-order valence-electron chi connectivity index (χ1n) is 4.23. The second-order valence-corrected chi connectivity index (χ2v) is 2.82. The van der Waals surface area contributed by atoms with Gasteiger partial charge >= 0.3 is 0 Å². The van der Waals surface area contributed by atoms with Crippen LogP contribution in [0.2, 0.25) is 0 Å². The van der Waals surface area contributed by atoms with Gasteiger partial charge in [0.15, 0.2) is 0 Å². The van der Waals surface area contributed by atoms with E-state index in [-0.39, 0.29) is 20.1 Å². The molecule has 3 heteroatoms. The first-order chi connectivity index (χ1) is 6.90. The number of hydrogen-bond donors (Lipinski definition) is 0. The molecule has 75 valence electrons. The van der Waals surface area contributed by atoms with Gasteiger partial charge in [0, 0.05) is 26.3 Å². The van der Waals surface area contributed by atoms with Crippen LogP contribution in [0.25, 0.3) is 11.3 Å². The van der Waals surface area contributed by atoms with Crippen LogP contribution in [0.5, 0.6) is 0 Å².